The van der Waals surface area contributed by atoms with Gasteiger partial charge in [-0.15, -0.1) is 0 Å². The fraction of sp³-hybridized carbons (Fsp3) is 0.286. The van der Waals surface area contributed by atoms with Crippen LogP contribution in [0.15, 0.2) is 35.5 Å². The van der Waals surface area contributed by atoms with Crippen molar-refractivity contribution in [2.75, 3.05) is 17.0 Å². The molecule has 9 heteroatoms. The summed E-state index contributed by atoms with van der Waals surface area (Å²) in [6, 6.07) is 7.49. The third kappa shape index (κ3) is 3.48. The van der Waals surface area contributed by atoms with E-state index in [1.165, 1.54) is 17.0 Å². The van der Waals surface area contributed by atoms with Crippen molar-refractivity contribution in [3.05, 3.63) is 52.8 Å². The molecule has 2 heterocycles. The van der Waals surface area contributed by atoms with E-state index in [1.807, 2.05) is 0 Å². The summed E-state index contributed by atoms with van der Waals surface area (Å²) in [4.78, 5) is 26.3. The van der Waals surface area contributed by atoms with E-state index in [0.717, 1.165) is 0 Å². The molecule has 4 rings (SSSR count). The van der Waals surface area contributed by atoms with E-state index in [2.05, 4.69) is 10.5 Å². The van der Waals surface area contributed by atoms with E-state index in [9.17, 15) is 19.2 Å². The van der Waals surface area contributed by atoms with Gasteiger partial charge in [0.1, 0.15) is 11.6 Å². The van der Waals surface area contributed by atoms with Crippen LogP contribution in [0.4, 0.5) is 15.8 Å². The molecule has 0 bridgehead atoms. The van der Waals surface area contributed by atoms with Crippen LogP contribution in [0.2, 0.25) is 0 Å². The van der Waals surface area contributed by atoms with Crippen molar-refractivity contribution in [1.82, 2.24) is 0 Å². The molecule has 2 aromatic rings. The molecule has 0 aromatic heterocycles. The second-order valence-electron chi connectivity index (χ2n) is 7.38. The number of amides is 2. The van der Waals surface area contributed by atoms with Gasteiger partial charge >= 0.3 is 0 Å². The maximum absolute atomic E-state index is 14.1. The number of hydrogen-bond acceptors (Lipinski definition) is 6. The average molecular weight is 413 g/mol. The highest BCUT2D eigenvalue weighted by Gasteiger charge is 2.36. The zero-order valence-corrected chi connectivity index (χ0v) is 16.4. The molecule has 0 spiro atoms. The van der Waals surface area contributed by atoms with E-state index < -0.39 is 11.7 Å². The largest absolute Gasteiger partial charge is 0.467 e. The minimum absolute atomic E-state index is 0.00741. The van der Waals surface area contributed by atoms with Crippen molar-refractivity contribution in [1.29, 1.82) is 0 Å². The van der Waals surface area contributed by atoms with Crippen LogP contribution in [0.25, 0.3) is 0 Å². The molecule has 0 aliphatic carbocycles. The highest BCUT2D eigenvalue weighted by atomic mass is 19.1. The van der Waals surface area contributed by atoms with Gasteiger partial charge in [-0.25, -0.2) is 4.39 Å². The Labute approximate surface area is 171 Å². The Morgan fingerprint density at radius 1 is 1.33 bits per heavy atom. The number of anilines is 2. The van der Waals surface area contributed by atoms with Gasteiger partial charge in [0.2, 0.25) is 5.91 Å². The predicted octanol–water partition coefficient (Wildman–Crippen LogP) is 3.01. The number of oxime groups is 1. The molecule has 0 radical (unpaired) electrons. The van der Waals surface area contributed by atoms with E-state index in [-0.39, 0.29) is 37.5 Å². The first kappa shape index (κ1) is 19.8. The maximum Gasteiger partial charge on any atom is 0.281 e. The SMILES string of the molecule is CC(C)C(=O)Nc1ccc2c(c1)N(Cc1cc(F)cc3c1OCOC3)C(=O)/C2=N\O. The van der Waals surface area contributed by atoms with Gasteiger partial charge in [0.15, 0.2) is 12.5 Å². The summed E-state index contributed by atoms with van der Waals surface area (Å²) < 4.78 is 24.9. The molecule has 0 saturated heterocycles. The first-order chi connectivity index (χ1) is 14.4. The van der Waals surface area contributed by atoms with Crippen molar-refractivity contribution in [3.63, 3.8) is 0 Å². The first-order valence-electron chi connectivity index (χ1n) is 9.40. The Morgan fingerprint density at radius 3 is 2.87 bits per heavy atom. The fourth-order valence-electron chi connectivity index (χ4n) is 3.47. The number of fused-ring (bicyclic) bond motifs is 2. The van der Waals surface area contributed by atoms with Gasteiger partial charge < -0.3 is 24.9 Å². The van der Waals surface area contributed by atoms with Gasteiger partial charge in [-0.3, -0.25) is 9.59 Å². The summed E-state index contributed by atoms with van der Waals surface area (Å²) in [7, 11) is 0. The highest BCUT2D eigenvalue weighted by Crippen LogP contribution is 2.36. The summed E-state index contributed by atoms with van der Waals surface area (Å²) in [5, 5.41) is 15.3. The Balaban J connectivity index is 1.73. The third-order valence-corrected chi connectivity index (χ3v) is 4.96. The van der Waals surface area contributed by atoms with Crippen LogP contribution in [-0.4, -0.2) is 29.5 Å². The van der Waals surface area contributed by atoms with Crippen LogP contribution in [0.3, 0.4) is 0 Å². The normalized spacial score (nSPS) is 16.5. The summed E-state index contributed by atoms with van der Waals surface area (Å²) in [5.74, 6) is -0.933. The maximum atomic E-state index is 14.1. The molecular formula is C21H20FN3O5. The van der Waals surface area contributed by atoms with Crippen molar-refractivity contribution < 1.29 is 28.7 Å². The van der Waals surface area contributed by atoms with Gasteiger partial charge in [0, 0.05) is 28.3 Å². The standard InChI is InChI=1S/C21H20FN3O5/c1-11(2)20(26)23-15-3-4-16-17(7-15)25(21(27)18(16)24-28)8-12-5-14(22)6-13-9-29-10-30-19(12)13/h3-7,11,28H,8-10H2,1-2H3,(H,23,26)/b24-18-. The van der Waals surface area contributed by atoms with Crippen molar-refractivity contribution in [2.24, 2.45) is 11.1 Å². The second kappa shape index (κ2) is 7.75. The molecule has 2 aromatic carbocycles. The van der Waals surface area contributed by atoms with Crippen LogP contribution in [0.5, 0.6) is 5.75 Å². The molecule has 0 fully saturated rings. The molecule has 30 heavy (non-hydrogen) atoms. The average Bonchev–Trinajstić information content (AvgIpc) is 2.98. The number of ether oxygens (including phenoxy) is 2. The number of rotatable bonds is 4. The van der Waals surface area contributed by atoms with Crippen LogP contribution in [0, 0.1) is 11.7 Å². The molecule has 156 valence electrons. The van der Waals surface area contributed by atoms with E-state index in [0.29, 0.717) is 33.8 Å². The smallest absolute Gasteiger partial charge is 0.281 e. The number of hydrogen-bond donors (Lipinski definition) is 2. The fourth-order valence-corrected chi connectivity index (χ4v) is 3.47. The number of benzene rings is 2. The van der Waals surface area contributed by atoms with Gasteiger partial charge in [-0.2, -0.15) is 0 Å². The zero-order valence-electron chi connectivity index (χ0n) is 16.4. The monoisotopic (exact) mass is 413 g/mol. The summed E-state index contributed by atoms with van der Waals surface area (Å²) >= 11 is 0. The van der Waals surface area contributed by atoms with Crippen LogP contribution in [-0.2, 0) is 27.5 Å². The third-order valence-electron chi connectivity index (χ3n) is 4.96. The topological polar surface area (TPSA) is 100 Å². The number of nitrogens with one attached hydrogen (secondary N) is 1. The minimum Gasteiger partial charge on any atom is -0.467 e. The highest BCUT2D eigenvalue weighted by molar-refractivity contribution is 6.54. The van der Waals surface area contributed by atoms with Gasteiger partial charge in [-0.1, -0.05) is 19.0 Å². The molecule has 8 nitrogen and oxygen atoms in total. The lowest BCUT2D eigenvalue weighted by atomic mass is 10.1. The van der Waals surface area contributed by atoms with Gasteiger partial charge in [0.25, 0.3) is 5.91 Å². The van der Waals surface area contributed by atoms with E-state index in [4.69, 9.17) is 9.47 Å². The predicted molar refractivity (Wildman–Crippen MR) is 106 cm³/mol. The van der Waals surface area contributed by atoms with E-state index >= 15 is 0 Å². The van der Waals surface area contributed by atoms with Crippen molar-refractivity contribution in [2.45, 2.75) is 27.0 Å². The lowest BCUT2D eigenvalue weighted by molar-refractivity contribution is -0.119. The Bertz CT molecular complexity index is 1070. The molecule has 2 amide bonds. The molecule has 2 aliphatic heterocycles. The Morgan fingerprint density at radius 2 is 2.13 bits per heavy atom. The van der Waals surface area contributed by atoms with Gasteiger partial charge in [-0.05, 0) is 30.3 Å². The minimum atomic E-state index is -0.537. The quantitative estimate of drug-likeness (QED) is 0.593. The second-order valence-corrected chi connectivity index (χ2v) is 7.38. The van der Waals surface area contributed by atoms with Crippen LogP contribution in [0.1, 0.15) is 30.5 Å². The molecule has 0 atom stereocenters. The van der Waals surface area contributed by atoms with Gasteiger partial charge in [0.05, 0.1) is 18.8 Å². The van der Waals surface area contributed by atoms with Crippen LogP contribution >= 0.6 is 0 Å². The molecule has 0 saturated carbocycles. The molecular weight excluding hydrogens is 393 g/mol. The lowest BCUT2D eigenvalue weighted by Gasteiger charge is -2.24. The number of halogens is 1. The summed E-state index contributed by atoms with van der Waals surface area (Å²) in [6.45, 7) is 3.77. The van der Waals surface area contributed by atoms with Crippen molar-refractivity contribution >= 4 is 28.9 Å². The summed E-state index contributed by atoms with van der Waals surface area (Å²) in [6.07, 6.45) is 0. The number of carbonyl (C=O) groups is 2. The van der Waals surface area contributed by atoms with E-state index in [1.54, 1.807) is 32.0 Å². The molecule has 2 aliphatic rings. The van der Waals surface area contributed by atoms with Crippen molar-refractivity contribution in [3.8, 4) is 5.75 Å². The number of carbonyl (C=O) groups excluding carboxylic acids is 2. The molecule has 2 N–H and O–H groups in total. The number of nitrogens with zero attached hydrogens (tertiary/aromatic N) is 2. The summed E-state index contributed by atoms with van der Waals surface area (Å²) in [5.41, 5.74) is 2.25. The Kier molecular flexibility index (Phi) is 5.13. The Hall–Kier alpha value is -3.46. The lowest BCUT2D eigenvalue weighted by Crippen LogP contribution is -2.30. The molecule has 0 unspecified atom stereocenters. The first-order valence-corrected chi connectivity index (χ1v) is 9.40. The zero-order chi connectivity index (χ0) is 21.4. The van der Waals surface area contributed by atoms with Crippen LogP contribution < -0.4 is 15.0 Å².